The number of nitrogens with one attached hydrogen (secondary N) is 1. The molecule has 28 heavy (non-hydrogen) atoms. The third kappa shape index (κ3) is 5.49. The number of ether oxygens (including phenoxy) is 2. The van der Waals surface area contributed by atoms with Crippen molar-refractivity contribution in [3.05, 3.63) is 59.7 Å². The van der Waals surface area contributed by atoms with Gasteiger partial charge in [0.25, 0.3) is 0 Å². The molecule has 0 saturated carbocycles. The van der Waals surface area contributed by atoms with Crippen molar-refractivity contribution in [1.82, 2.24) is 10.2 Å². The Morgan fingerprint density at radius 1 is 1.04 bits per heavy atom. The normalized spacial score (nSPS) is 15.2. The van der Waals surface area contributed by atoms with E-state index in [1.165, 1.54) is 18.4 Å². The van der Waals surface area contributed by atoms with Crippen LogP contribution in [0.15, 0.2) is 48.5 Å². The van der Waals surface area contributed by atoms with Gasteiger partial charge in [0.1, 0.15) is 11.5 Å². The molecule has 0 bridgehead atoms. The molecule has 1 aliphatic heterocycles. The van der Waals surface area contributed by atoms with E-state index in [-0.39, 0.29) is 11.9 Å². The van der Waals surface area contributed by atoms with Gasteiger partial charge in [-0.25, -0.2) is 0 Å². The zero-order valence-corrected chi connectivity index (χ0v) is 16.8. The molecule has 1 amide bonds. The average Bonchev–Trinajstić information content (AvgIpc) is 3.25. The molecule has 2 aromatic carbocycles. The highest BCUT2D eigenvalue weighted by atomic mass is 16.5. The predicted octanol–water partition coefficient (Wildman–Crippen LogP) is 3.59. The maximum Gasteiger partial charge on any atom is 0.224 e. The second kappa shape index (κ2) is 10.1. The molecule has 1 N–H and O–H groups in total. The number of likely N-dealkylation sites (tertiary alicyclic amines) is 1. The Bertz CT molecular complexity index is 737. The molecule has 1 unspecified atom stereocenters. The third-order valence-corrected chi connectivity index (χ3v) is 5.17. The molecule has 0 spiro atoms. The Hall–Kier alpha value is -2.53. The highest BCUT2D eigenvalue weighted by Gasteiger charge is 2.24. The van der Waals surface area contributed by atoms with Gasteiger partial charge in [-0.1, -0.05) is 24.3 Å². The summed E-state index contributed by atoms with van der Waals surface area (Å²) in [6.45, 7) is 5.41. The molecule has 1 aliphatic rings. The van der Waals surface area contributed by atoms with Crippen LogP contribution in [0.5, 0.6) is 11.5 Å². The van der Waals surface area contributed by atoms with Crippen molar-refractivity contribution in [2.45, 2.75) is 32.2 Å². The molecule has 5 heteroatoms. The van der Waals surface area contributed by atoms with Gasteiger partial charge < -0.3 is 14.8 Å². The molecule has 1 saturated heterocycles. The number of methoxy groups -OCH3 is 1. The summed E-state index contributed by atoms with van der Waals surface area (Å²) >= 11 is 0. The first-order valence-corrected chi connectivity index (χ1v) is 10.1. The van der Waals surface area contributed by atoms with Crippen molar-refractivity contribution in [3.63, 3.8) is 0 Å². The molecule has 5 nitrogen and oxygen atoms in total. The molecule has 0 aliphatic carbocycles. The lowest BCUT2D eigenvalue weighted by molar-refractivity contribution is -0.120. The fourth-order valence-corrected chi connectivity index (χ4v) is 3.67. The molecule has 150 valence electrons. The zero-order valence-electron chi connectivity index (χ0n) is 16.8. The number of carbonyl (C=O) groups excluding carboxylic acids is 1. The van der Waals surface area contributed by atoms with Crippen LogP contribution in [0.4, 0.5) is 0 Å². The lowest BCUT2D eigenvalue weighted by Crippen LogP contribution is -2.37. The second-order valence-electron chi connectivity index (χ2n) is 7.09. The van der Waals surface area contributed by atoms with Gasteiger partial charge in [0.05, 0.1) is 26.2 Å². The fraction of sp³-hybridized carbons (Fsp3) is 0.435. The van der Waals surface area contributed by atoms with Crippen LogP contribution in [0.3, 0.4) is 0 Å². The van der Waals surface area contributed by atoms with E-state index in [0.29, 0.717) is 19.6 Å². The summed E-state index contributed by atoms with van der Waals surface area (Å²) in [4.78, 5) is 14.9. The maximum absolute atomic E-state index is 12.5. The molecule has 1 atom stereocenters. The van der Waals surface area contributed by atoms with Crippen molar-refractivity contribution in [1.29, 1.82) is 0 Å². The van der Waals surface area contributed by atoms with Crippen molar-refractivity contribution < 1.29 is 14.3 Å². The molecule has 2 aromatic rings. The van der Waals surface area contributed by atoms with E-state index in [9.17, 15) is 4.79 Å². The molecule has 1 fully saturated rings. The number of benzene rings is 2. The van der Waals surface area contributed by atoms with Crippen molar-refractivity contribution in [2.24, 2.45) is 0 Å². The van der Waals surface area contributed by atoms with Crippen LogP contribution >= 0.6 is 0 Å². The minimum atomic E-state index is 0.0419. The van der Waals surface area contributed by atoms with E-state index >= 15 is 0 Å². The Kier molecular flexibility index (Phi) is 7.31. The summed E-state index contributed by atoms with van der Waals surface area (Å²) in [7, 11) is 1.64. The summed E-state index contributed by atoms with van der Waals surface area (Å²) in [6, 6.07) is 16.1. The summed E-state index contributed by atoms with van der Waals surface area (Å²) in [6.07, 6.45) is 2.81. The molecule has 0 aromatic heterocycles. The van der Waals surface area contributed by atoms with E-state index < -0.39 is 0 Å². The summed E-state index contributed by atoms with van der Waals surface area (Å²) in [5, 5.41) is 3.13. The number of amides is 1. The highest BCUT2D eigenvalue weighted by molar-refractivity contribution is 5.78. The van der Waals surface area contributed by atoms with Gasteiger partial charge in [0.15, 0.2) is 0 Å². The first-order chi connectivity index (χ1) is 13.7. The molecule has 1 heterocycles. The number of hydrogen-bond acceptors (Lipinski definition) is 4. The minimum absolute atomic E-state index is 0.0419. The van der Waals surface area contributed by atoms with Gasteiger partial charge >= 0.3 is 0 Å². The smallest absolute Gasteiger partial charge is 0.224 e. The van der Waals surface area contributed by atoms with Gasteiger partial charge in [0.2, 0.25) is 5.91 Å². The average molecular weight is 383 g/mol. The maximum atomic E-state index is 12.5. The van der Waals surface area contributed by atoms with Gasteiger partial charge in [-0.05, 0) is 68.2 Å². The first kappa shape index (κ1) is 20.2. The highest BCUT2D eigenvalue weighted by Crippen LogP contribution is 2.26. The van der Waals surface area contributed by atoms with Crippen molar-refractivity contribution in [3.8, 4) is 11.5 Å². The SMILES string of the molecule is CCOc1ccc(C(CNC(=O)Cc2ccc(OC)cc2)N2CCCC2)cc1. The van der Waals surface area contributed by atoms with Crippen LogP contribution in [-0.4, -0.2) is 44.2 Å². The van der Waals surface area contributed by atoms with Crippen LogP contribution in [0.25, 0.3) is 0 Å². The van der Waals surface area contributed by atoms with Crippen molar-refractivity contribution in [2.75, 3.05) is 33.4 Å². The Morgan fingerprint density at radius 2 is 1.68 bits per heavy atom. The van der Waals surface area contributed by atoms with Crippen LogP contribution in [0.2, 0.25) is 0 Å². The summed E-state index contributed by atoms with van der Waals surface area (Å²) in [5.74, 6) is 1.73. The van der Waals surface area contributed by atoms with Crippen LogP contribution in [0, 0.1) is 0 Å². The van der Waals surface area contributed by atoms with Crippen LogP contribution < -0.4 is 14.8 Å². The topological polar surface area (TPSA) is 50.8 Å². The fourth-order valence-electron chi connectivity index (χ4n) is 3.67. The number of rotatable bonds is 9. The zero-order chi connectivity index (χ0) is 19.8. The Labute approximate surface area is 167 Å². The lowest BCUT2D eigenvalue weighted by atomic mass is 10.0. The third-order valence-electron chi connectivity index (χ3n) is 5.17. The first-order valence-electron chi connectivity index (χ1n) is 10.1. The largest absolute Gasteiger partial charge is 0.497 e. The van der Waals surface area contributed by atoms with E-state index in [0.717, 1.165) is 30.2 Å². The minimum Gasteiger partial charge on any atom is -0.497 e. The number of nitrogens with zero attached hydrogens (tertiary/aromatic N) is 1. The van der Waals surface area contributed by atoms with Gasteiger partial charge in [-0.3, -0.25) is 9.69 Å². The predicted molar refractivity (Wildman–Crippen MR) is 111 cm³/mol. The van der Waals surface area contributed by atoms with Gasteiger partial charge in [0, 0.05) is 6.54 Å². The van der Waals surface area contributed by atoms with E-state index in [1.807, 2.05) is 43.3 Å². The van der Waals surface area contributed by atoms with E-state index in [2.05, 4.69) is 22.3 Å². The van der Waals surface area contributed by atoms with Crippen molar-refractivity contribution >= 4 is 5.91 Å². The Morgan fingerprint density at radius 3 is 2.29 bits per heavy atom. The van der Waals surface area contributed by atoms with Gasteiger partial charge in [-0.15, -0.1) is 0 Å². The summed E-state index contributed by atoms with van der Waals surface area (Å²) < 4.78 is 10.7. The second-order valence-corrected chi connectivity index (χ2v) is 7.09. The van der Waals surface area contributed by atoms with E-state index in [4.69, 9.17) is 9.47 Å². The molecule has 0 radical (unpaired) electrons. The van der Waals surface area contributed by atoms with Crippen LogP contribution in [-0.2, 0) is 11.2 Å². The van der Waals surface area contributed by atoms with Crippen LogP contribution in [0.1, 0.15) is 36.9 Å². The summed E-state index contributed by atoms with van der Waals surface area (Å²) in [5.41, 5.74) is 2.20. The molecular formula is C23H30N2O3. The number of carbonyl (C=O) groups is 1. The molecular weight excluding hydrogens is 352 g/mol. The molecule has 3 rings (SSSR count). The number of hydrogen-bond donors (Lipinski definition) is 1. The monoisotopic (exact) mass is 382 g/mol. The van der Waals surface area contributed by atoms with Gasteiger partial charge in [-0.2, -0.15) is 0 Å². The van der Waals surface area contributed by atoms with E-state index in [1.54, 1.807) is 7.11 Å². The standard InChI is InChI=1S/C23H30N2O3/c1-3-28-21-12-8-19(9-13-21)22(25-14-4-5-15-25)17-24-23(26)16-18-6-10-20(27-2)11-7-18/h6-13,22H,3-5,14-17H2,1-2H3,(H,24,26). The Balaban J connectivity index is 1.61. The lowest BCUT2D eigenvalue weighted by Gasteiger charge is -2.28. The quantitative estimate of drug-likeness (QED) is 0.720.